The van der Waals surface area contributed by atoms with Gasteiger partial charge in [-0.15, -0.1) is 0 Å². The number of amides is 1. The van der Waals surface area contributed by atoms with E-state index in [1.54, 1.807) is 0 Å². The fourth-order valence-electron chi connectivity index (χ4n) is 2.66. The largest absolute Gasteiger partial charge is 0.446 e. The van der Waals surface area contributed by atoms with Gasteiger partial charge in [-0.05, 0) is 44.5 Å². The van der Waals surface area contributed by atoms with Gasteiger partial charge in [-0.2, -0.15) is 0 Å². The number of hydrogen-bond acceptors (Lipinski definition) is 3. The van der Waals surface area contributed by atoms with Crippen LogP contribution in [0.5, 0.6) is 0 Å². The van der Waals surface area contributed by atoms with Crippen molar-refractivity contribution in [3.63, 3.8) is 0 Å². The van der Waals surface area contributed by atoms with Crippen LogP contribution in [0.2, 0.25) is 5.02 Å². The van der Waals surface area contributed by atoms with Crippen molar-refractivity contribution in [3.8, 4) is 0 Å². The number of rotatable bonds is 1. The summed E-state index contributed by atoms with van der Waals surface area (Å²) in [5, 5.41) is 0.647. The minimum atomic E-state index is -0.782. The molecular weight excluding hydrogens is 308 g/mol. The van der Waals surface area contributed by atoms with Crippen molar-refractivity contribution in [3.05, 3.63) is 28.8 Å². The molecule has 4 nitrogen and oxygen atoms in total. The van der Waals surface area contributed by atoms with Crippen molar-refractivity contribution < 1.29 is 9.53 Å². The lowest BCUT2D eigenvalue weighted by atomic mass is 10.0. The number of anilines is 1. The second-order valence-corrected chi connectivity index (χ2v) is 7.05. The van der Waals surface area contributed by atoms with Gasteiger partial charge < -0.3 is 15.4 Å². The van der Waals surface area contributed by atoms with Gasteiger partial charge in [0.15, 0.2) is 0 Å². The van der Waals surface area contributed by atoms with Gasteiger partial charge in [0.25, 0.3) is 0 Å². The van der Waals surface area contributed by atoms with Crippen LogP contribution in [0.25, 0.3) is 0 Å². The summed E-state index contributed by atoms with van der Waals surface area (Å²) in [7, 11) is 0. The molecule has 0 fully saturated rings. The van der Waals surface area contributed by atoms with Crippen LogP contribution in [0.3, 0.4) is 0 Å². The molecule has 6 heteroatoms. The van der Waals surface area contributed by atoms with E-state index in [0.717, 1.165) is 16.2 Å². The van der Waals surface area contributed by atoms with E-state index in [-0.39, 0.29) is 11.6 Å². The molecule has 0 spiro atoms. The van der Waals surface area contributed by atoms with E-state index < -0.39 is 6.09 Å². The lowest BCUT2D eigenvalue weighted by Crippen LogP contribution is -2.45. The highest BCUT2D eigenvalue weighted by Crippen LogP contribution is 2.35. The SMILES string of the molecule is CC(C)(C)N1C(=S)CC(OC(N)=O)Cc2cc(Cl)ccc21. The van der Waals surface area contributed by atoms with E-state index in [1.807, 2.05) is 18.2 Å². The molecule has 1 aromatic rings. The zero-order valence-corrected chi connectivity index (χ0v) is 13.9. The summed E-state index contributed by atoms with van der Waals surface area (Å²) in [5.41, 5.74) is 6.98. The molecule has 1 amide bonds. The Morgan fingerprint density at radius 3 is 2.67 bits per heavy atom. The molecule has 1 aliphatic heterocycles. The normalized spacial score (nSPS) is 19.0. The fourth-order valence-corrected chi connectivity index (χ4v) is 3.41. The third kappa shape index (κ3) is 3.66. The van der Waals surface area contributed by atoms with Crippen molar-refractivity contribution in [2.24, 2.45) is 5.73 Å². The third-order valence-electron chi connectivity index (χ3n) is 3.34. The number of carbonyl (C=O) groups is 1. The number of nitrogens with zero attached hydrogens (tertiary/aromatic N) is 1. The number of primary amides is 1. The second kappa shape index (κ2) is 5.81. The molecule has 2 N–H and O–H groups in total. The van der Waals surface area contributed by atoms with Gasteiger partial charge in [-0.3, -0.25) is 0 Å². The number of carbonyl (C=O) groups excluding carboxylic acids is 1. The Morgan fingerprint density at radius 2 is 2.10 bits per heavy atom. The maximum absolute atomic E-state index is 11.1. The molecule has 1 aliphatic rings. The summed E-state index contributed by atoms with van der Waals surface area (Å²) in [5.74, 6) is 0. The first-order valence-electron chi connectivity index (χ1n) is 6.76. The molecule has 0 saturated carbocycles. The molecule has 2 rings (SSSR count). The molecule has 0 bridgehead atoms. The summed E-state index contributed by atoms with van der Waals surface area (Å²) in [6, 6.07) is 5.69. The van der Waals surface area contributed by atoms with Gasteiger partial charge in [0.2, 0.25) is 0 Å². The highest BCUT2D eigenvalue weighted by molar-refractivity contribution is 7.80. The Morgan fingerprint density at radius 1 is 1.43 bits per heavy atom. The second-order valence-electron chi connectivity index (χ2n) is 6.14. The van der Waals surface area contributed by atoms with Crippen LogP contribution >= 0.6 is 23.8 Å². The maximum atomic E-state index is 11.1. The molecule has 1 heterocycles. The number of thiocarbonyl (C=S) groups is 1. The van der Waals surface area contributed by atoms with Crippen LogP contribution < -0.4 is 10.6 Å². The van der Waals surface area contributed by atoms with Gasteiger partial charge in [0.1, 0.15) is 6.10 Å². The molecule has 0 aliphatic carbocycles. The van der Waals surface area contributed by atoms with Crippen LogP contribution in [-0.2, 0) is 11.2 Å². The van der Waals surface area contributed by atoms with E-state index in [2.05, 4.69) is 25.7 Å². The minimum absolute atomic E-state index is 0.179. The molecule has 1 unspecified atom stereocenters. The Hall–Kier alpha value is -1.33. The van der Waals surface area contributed by atoms with Crippen molar-refractivity contribution >= 4 is 40.6 Å². The number of halogens is 1. The van der Waals surface area contributed by atoms with Crippen LogP contribution in [0.4, 0.5) is 10.5 Å². The quantitative estimate of drug-likeness (QED) is 0.800. The van der Waals surface area contributed by atoms with Gasteiger partial charge in [-0.25, -0.2) is 4.79 Å². The maximum Gasteiger partial charge on any atom is 0.404 e. The Labute approximate surface area is 135 Å². The van der Waals surface area contributed by atoms with Crippen LogP contribution in [0.1, 0.15) is 32.8 Å². The van der Waals surface area contributed by atoms with Crippen LogP contribution in [0.15, 0.2) is 18.2 Å². The predicted octanol–water partition coefficient (Wildman–Crippen LogP) is 3.68. The van der Waals surface area contributed by atoms with E-state index in [1.165, 1.54) is 0 Å². The molecule has 0 radical (unpaired) electrons. The lowest BCUT2D eigenvalue weighted by molar-refractivity contribution is 0.111. The number of nitrogens with two attached hydrogens (primary N) is 1. The number of fused-ring (bicyclic) bond motifs is 1. The van der Waals surface area contributed by atoms with Crippen molar-refractivity contribution in [2.45, 2.75) is 45.3 Å². The van der Waals surface area contributed by atoms with E-state index >= 15 is 0 Å². The highest BCUT2D eigenvalue weighted by Gasteiger charge is 2.33. The molecule has 1 aromatic carbocycles. The van der Waals surface area contributed by atoms with E-state index in [9.17, 15) is 4.79 Å². The summed E-state index contributed by atoms with van der Waals surface area (Å²) >= 11 is 11.7. The molecule has 114 valence electrons. The summed E-state index contributed by atoms with van der Waals surface area (Å²) in [6.45, 7) is 6.27. The lowest BCUT2D eigenvalue weighted by Gasteiger charge is -2.38. The van der Waals surface area contributed by atoms with Crippen LogP contribution in [-0.4, -0.2) is 22.7 Å². The zero-order valence-electron chi connectivity index (χ0n) is 12.4. The zero-order chi connectivity index (χ0) is 15.8. The summed E-state index contributed by atoms with van der Waals surface area (Å²) < 4.78 is 5.18. The van der Waals surface area contributed by atoms with Crippen LogP contribution in [0, 0.1) is 0 Å². The topological polar surface area (TPSA) is 55.6 Å². The first kappa shape index (κ1) is 16.0. The molecular formula is C15H19ClN2O2S. The van der Waals surface area contributed by atoms with Crippen molar-refractivity contribution in [2.75, 3.05) is 4.90 Å². The average molecular weight is 327 g/mol. The van der Waals surface area contributed by atoms with Crippen molar-refractivity contribution in [1.82, 2.24) is 0 Å². The first-order chi connectivity index (χ1) is 9.68. The fraction of sp³-hybridized carbons (Fsp3) is 0.467. The van der Waals surface area contributed by atoms with E-state index in [4.69, 9.17) is 34.3 Å². The van der Waals surface area contributed by atoms with Gasteiger partial charge in [0.05, 0.1) is 4.99 Å². The molecule has 21 heavy (non-hydrogen) atoms. The summed E-state index contributed by atoms with van der Waals surface area (Å²) in [6.07, 6.45) is -0.122. The Kier molecular flexibility index (Phi) is 4.44. The monoisotopic (exact) mass is 326 g/mol. The smallest absolute Gasteiger partial charge is 0.404 e. The Bertz CT molecular complexity index is 584. The van der Waals surface area contributed by atoms with Gasteiger partial charge in [-0.1, -0.05) is 23.8 Å². The van der Waals surface area contributed by atoms with Gasteiger partial charge in [0, 0.05) is 29.1 Å². The van der Waals surface area contributed by atoms with E-state index in [0.29, 0.717) is 17.9 Å². The average Bonchev–Trinajstić information content (AvgIpc) is 2.42. The standard InChI is InChI=1S/C15H19ClN2O2S/c1-15(2,3)18-12-5-4-10(16)6-9(12)7-11(8-13(18)21)20-14(17)19/h4-6,11H,7-8H2,1-3H3,(H2,17,19). The van der Waals surface area contributed by atoms with Gasteiger partial charge >= 0.3 is 6.09 Å². The third-order valence-corrected chi connectivity index (χ3v) is 3.92. The number of benzene rings is 1. The summed E-state index contributed by atoms with van der Waals surface area (Å²) in [4.78, 5) is 13.9. The highest BCUT2D eigenvalue weighted by atomic mass is 35.5. The first-order valence-corrected chi connectivity index (χ1v) is 7.54. The minimum Gasteiger partial charge on any atom is -0.446 e. The number of hydrogen-bond donors (Lipinski definition) is 1. The molecule has 0 aromatic heterocycles. The predicted molar refractivity (Wildman–Crippen MR) is 89.1 cm³/mol. The number of ether oxygens (including phenoxy) is 1. The molecule has 0 saturated heterocycles. The van der Waals surface area contributed by atoms with Crippen molar-refractivity contribution in [1.29, 1.82) is 0 Å². The molecule has 1 atom stereocenters. The Balaban J connectivity index is 2.49.